The zero-order valence-corrected chi connectivity index (χ0v) is 19.4. The molecule has 0 atom stereocenters. The predicted molar refractivity (Wildman–Crippen MR) is 123 cm³/mol. The van der Waals surface area contributed by atoms with Gasteiger partial charge in [-0.1, -0.05) is 18.2 Å². The number of carbonyl (C=O) groups is 2. The molecule has 0 aliphatic heterocycles. The summed E-state index contributed by atoms with van der Waals surface area (Å²) in [6, 6.07) is 11.2. The summed E-state index contributed by atoms with van der Waals surface area (Å²) in [5, 5.41) is 5.38. The Kier molecular flexibility index (Phi) is 7.83. The fourth-order valence-corrected chi connectivity index (χ4v) is 3.83. The lowest BCUT2D eigenvalue weighted by atomic mass is 10.1. The highest BCUT2D eigenvalue weighted by molar-refractivity contribution is 7.09. The Balaban J connectivity index is 1.51. The number of nitrogens with zero attached hydrogens (tertiary/aromatic N) is 1. The van der Waals surface area contributed by atoms with Gasteiger partial charge in [0.05, 0.1) is 32.8 Å². The maximum Gasteiger partial charge on any atom is 0.310 e. The average Bonchev–Trinajstić information content (AvgIpc) is 3.22. The number of ether oxygens (including phenoxy) is 3. The molecule has 0 radical (unpaired) electrons. The lowest BCUT2D eigenvalue weighted by Crippen LogP contribution is -2.15. The number of thiazole rings is 1. The van der Waals surface area contributed by atoms with E-state index in [2.05, 4.69) is 10.3 Å². The van der Waals surface area contributed by atoms with Crippen LogP contribution in [0.4, 0.5) is 5.69 Å². The SMILES string of the molecule is COc1ccc(CC(=O)OCc2csc(CC(=O)Nc3cc(C)ccc3C)n2)c(OC)c1. The van der Waals surface area contributed by atoms with Crippen LogP contribution in [0, 0.1) is 13.8 Å². The number of amides is 1. The number of benzene rings is 2. The number of nitrogens with one attached hydrogen (secondary N) is 1. The molecule has 0 aliphatic carbocycles. The van der Waals surface area contributed by atoms with Crippen LogP contribution >= 0.6 is 11.3 Å². The molecule has 2 aromatic carbocycles. The zero-order chi connectivity index (χ0) is 23.1. The maximum absolute atomic E-state index is 12.4. The van der Waals surface area contributed by atoms with E-state index in [9.17, 15) is 9.59 Å². The third kappa shape index (κ3) is 6.31. The predicted octanol–water partition coefficient (Wildman–Crippen LogP) is 4.24. The van der Waals surface area contributed by atoms with Crippen LogP contribution < -0.4 is 14.8 Å². The number of anilines is 1. The van der Waals surface area contributed by atoms with Gasteiger partial charge in [0, 0.05) is 22.7 Å². The highest BCUT2D eigenvalue weighted by Gasteiger charge is 2.14. The van der Waals surface area contributed by atoms with Gasteiger partial charge in [0.2, 0.25) is 5.91 Å². The van der Waals surface area contributed by atoms with Crippen LogP contribution in [0.15, 0.2) is 41.8 Å². The second kappa shape index (κ2) is 10.8. The van der Waals surface area contributed by atoms with Gasteiger partial charge in [0.1, 0.15) is 23.1 Å². The molecule has 1 N–H and O–H groups in total. The molecule has 0 spiro atoms. The zero-order valence-electron chi connectivity index (χ0n) is 18.6. The first kappa shape index (κ1) is 23.3. The first-order chi connectivity index (χ1) is 15.4. The van der Waals surface area contributed by atoms with E-state index in [1.165, 1.54) is 18.4 Å². The van der Waals surface area contributed by atoms with Crippen LogP contribution in [-0.2, 0) is 33.8 Å². The summed E-state index contributed by atoms with van der Waals surface area (Å²) >= 11 is 1.36. The van der Waals surface area contributed by atoms with Crippen molar-refractivity contribution in [3.8, 4) is 11.5 Å². The van der Waals surface area contributed by atoms with Crippen molar-refractivity contribution in [2.45, 2.75) is 33.3 Å². The minimum Gasteiger partial charge on any atom is -0.497 e. The molecule has 0 aliphatic rings. The first-order valence-corrected chi connectivity index (χ1v) is 10.9. The molecule has 8 heteroatoms. The van der Waals surface area contributed by atoms with Gasteiger partial charge in [-0.3, -0.25) is 9.59 Å². The number of aryl methyl sites for hydroxylation is 2. The number of methoxy groups -OCH3 is 2. The Morgan fingerprint density at radius 2 is 1.84 bits per heavy atom. The van der Waals surface area contributed by atoms with Crippen LogP contribution in [0.3, 0.4) is 0 Å². The van der Waals surface area contributed by atoms with Gasteiger partial charge >= 0.3 is 5.97 Å². The molecular weight excluding hydrogens is 428 g/mol. The lowest BCUT2D eigenvalue weighted by molar-refractivity contribution is -0.144. The van der Waals surface area contributed by atoms with Crippen molar-refractivity contribution in [3.05, 3.63) is 69.2 Å². The molecule has 0 fully saturated rings. The molecule has 7 nitrogen and oxygen atoms in total. The van der Waals surface area contributed by atoms with Crippen molar-refractivity contribution in [2.24, 2.45) is 0 Å². The van der Waals surface area contributed by atoms with Gasteiger partial charge in [-0.05, 0) is 37.1 Å². The summed E-state index contributed by atoms with van der Waals surface area (Å²) in [5.74, 6) is 0.682. The van der Waals surface area contributed by atoms with E-state index in [-0.39, 0.29) is 25.4 Å². The first-order valence-electron chi connectivity index (χ1n) is 10.0. The van der Waals surface area contributed by atoms with Crippen molar-refractivity contribution in [1.82, 2.24) is 4.98 Å². The van der Waals surface area contributed by atoms with Gasteiger partial charge in [0.25, 0.3) is 0 Å². The van der Waals surface area contributed by atoms with Gasteiger partial charge in [-0.15, -0.1) is 11.3 Å². The summed E-state index contributed by atoms with van der Waals surface area (Å²) in [5.41, 5.74) is 4.20. The third-order valence-electron chi connectivity index (χ3n) is 4.79. The number of hydrogen-bond donors (Lipinski definition) is 1. The fourth-order valence-electron chi connectivity index (χ4n) is 3.06. The Hall–Kier alpha value is -3.39. The van der Waals surface area contributed by atoms with Gasteiger partial charge in [0.15, 0.2) is 0 Å². The Bertz CT molecular complexity index is 1110. The summed E-state index contributed by atoms with van der Waals surface area (Å²) in [4.78, 5) is 29.0. The van der Waals surface area contributed by atoms with E-state index < -0.39 is 5.97 Å². The van der Waals surface area contributed by atoms with Crippen molar-refractivity contribution >= 4 is 28.9 Å². The molecule has 0 saturated heterocycles. The second-order valence-electron chi connectivity index (χ2n) is 7.29. The largest absolute Gasteiger partial charge is 0.497 e. The quantitative estimate of drug-likeness (QED) is 0.487. The van der Waals surface area contributed by atoms with Crippen LogP contribution in [0.5, 0.6) is 11.5 Å². The topological polar surface area (TPSA) is 86.8 Å². The number of carbonyl (C=O) groups excluding carboxylic acids is 2. The average molecular weight is 455 g/mol. The molecule has 0 unspecified atom stereocenters. The third-order valence-corrected chi connectivity index (χ3v) is 5.69. The van der Waals surface area contributed by atoms with E-state index in [1.807, 2.05) is 32.0 Å². The van der Waals surface area contributed by atoms with Crippen LogP contribution in [0.25, 0.3) is 0 Å². The fraction of sp³-hybridized carbons (Fsp3) is 0.292. The molecule has 168 valence electrons. The molecule has 0 saturated carbocycles. The molecule has 0 bridgehead atoms. The Morgan fingerprint density at radius 3 is 2.59 bits per heavy atom. The monoisotopic (exact) mass is 454 g/mol. The molecule has 3 rings (SSSR count). The van der Waals surface area contributed by atoms with Crippen molar-refractivity contribution in [3.63, 3.8) is 0 Å². The second-order valence-corrected chi connectivity index (χ2v) is 8.23. The summed E-state index contributed by atoms with van der Waals surface area (Å²) < 4.78 is 15.8. The molecule has 3 aromatic rings. The number of rotatable bonds is 9. The van der Waals surface area contributed by atoms with E-state index >= 15 is 0 Å². The smallest absolute Gasteiger partial charge is 0.310 e. The van der Waals surface area contributed by atoms with Gasteiger partial charge < -0.3 is 19.5 Å². The van der Waals surface area contributed by atoms with Gasteiger partial charge in [-0.2, -0.15) is 0 Å². The van der Waals surface area contributed by atoms with Crippen molar-refractivity contribution in [1.29, 1.82) is 0 Å². The maximum atomic E-state index is 12.4. The highest BCUT2D eigenvalue weighted by atomic mass is 32.1. The molecular formula is C24H26N2O5S. The summed E-state index contributed by atoms with van der Waals surface area (Å²) in [6.07, 6.45) is 0.234. The van der Waals surface area contributed by atoms with Crippen LogP contribution in [0.1, 0.15) is 27.4 Å². The number of hydrogen-bond acceptors (Lipinski definition) is 7. The molecule has 1 aromatic heterocycles. The molecule has 32 heavy (non-hydrogen) atoms. The van der Waals surface area contributed by atoms with Crippen LogP contribution in [-0.4, -0.2) is 31.1 Å². The van der Waals surface area contributed by atoms with E-state index in [0.29, 0.717) is 27.8 Å². The van der Waals surface area contributed by atoms with Crippen LogP contribution in [0.2, 0.25) is 0 Å². The van der Waals surface area contributed by atoms with E-state index in [0.717, 1.165) is 16.8 Å². The van der Waals surface area contributed by atoms with E-state index in [4.69, 9.17) is 14.2 Å². The van der Waals surface area contributed by atoms with Crippen molar-refractivity contribution < 1.29 is 23.8 Å². The lowest BCUT2D eigenvalue weighted by Gasteiger charge is -2.10. The number of esters is 1. The number of aromatic nitrogens is 1. The molecule has 1 heterocycles. The summed E-state index contributed by atoms with van der Waals surface area (Å²) in [6.45, 7) is 3.98. The van der Waals surface area contributed by atoms with E-state index in [1.54, 1.807) is 30.7 Å². The normalized spacial score (nSPS) is 10.5. The van der Waals surface area contributed by atoms with Gasteiger partial charge in [-0.25, -0.2) is 4.98 Å². The Morgan fingerprint density at radius 1 is 1.03 bits per heavy atom. The summed E-state index contributed by atoms with van der Waals surface area (Å²) in [7, 11) is 3.11. The minimum atomic E-state index is -0.393. The highest BCUT2D eigenvalue weighted by Crippen LogP contribution is 2.25. The molecule has 1 amide bonds. The Labute approximate surface area is 191 Å². The van der Waals surface area contributed by atoms with Crippen molar-refractivity contribution in [2.75, 3.05) is 19.5 Å². The minimum absolute atomic E-state index is 0.0480. The standard InChI is InChI=1S/C24H26N2O5S/c1-15-5-6-16(2)20(9-15)26-22(27)12-23-25-18(14-32-23)13-31-24(28)10-17-7-8-19(29-3)11-21(17)30-4/h5-9,11,14H,10,12-13H2,1-4H3,(H,26,27).